The van der Waals surface area contributed by atoms with E-state index < -0.39 is 17.5 Å². The summed E-state index contributed by atoms with van der Waals surface area (Å²) in [6.07, 6.45) is 1.95. The van der Waals surface area contributed by atoms with Crippen LogP contribution in [0.1, 0.15) is 44.9 Å². The number of aromatic nitrogens is 1. The number of Topliss-reactive ketones (excluding diaryl/α,β-unsaturated/α-hetero) is 1. The van der Waals surface area contributed by atoms with Crippen LogP contribution in [0.4, 0.5) is 11.4 Å². The maximum absolute atomic E-state index is 12.3. The molecule has 0 atom stereocenters. The molecule has 1 heterocycles. The zero-order valence-corrected chi connectivity index (χ0v) is 15.4. The van der Waals surface area contributed by atoms with Crippen molar-refractivity contribution >= 4 is 23.1 Å². The molecule has 27 heavy (non-hydrogen) atoms. The molecule has 1 fully saturated rings. The van der Waals surface area contributed by atoms with E-state index in [0.29, 0.717) is 11.3 Å². The van der Waals surface area contributed by atoms with Gasteiger partial charge in [-0.05, 0) is 44.9 Å². The molecule has 1 saturated carbocycles. The molecule has 8 heteroatoms. The highest BCUT2D eigenvalue weighted by atomic mass is 16.6. The fraction of sp³-hybridized carbons (Fsp3) is 0.368. The van der Waals surface area contributed by atoms with Crippen molar-refractivity contribution in [3.63, 3.8) is 0 Å². The molecule has 1 aliphatic rings. The molecule has 3 rings (SSSR count). The number of carbonyl (C=O) groups is 2. The number of nitro groups is 1. The first kappa shape index (κ1) is 18.6. The number of nitrogens with one attached hydrogen (secondary N) is 1. The van der Waals surface area contributed by atoms with Gasteiger partial charge in [-0.1, -0.05) is 0 Å². The number of aryl methyl sites for hydroxylation is 1. The zero-order chi connectivity index (χ0) is 19.7. The summed E-state index contributed by atoms with van der Waals surface area (Å²) >= 11 is 0. The average Bonchev–Trinajstić information content (AvgIpc) is 3.42. The van der Waals surface area contributed by atoms with Crippen LogP contribution in [0.2, 0.25) is 0 Å². The van der Waals surface area contributed by atoms with E-state index in [1.165, 1.54) is 18.2 Å². The summed E-state index contributed by atoms with van der Waals surface area (Å²) in [5, 5.41) is 14.3. The SMILES string of the molecule is Cc1cc(C(=O)COC(=O)c2ccc(NC3CC3)c([N+](=O)[O-])c2)c(C)n1C. The van der Waals surface area contributed by atoms with Gasteiger partial charge in [-0.3, -0.25) is 14.9 Å². The van der Waals surface area contributed by atoms with Crippen LogP contribution < -0.4 is 5.32 Å². The van der Waals surface area contributed by atoms with Crippen LogP contribution in [0.15, 0.2) is 24.3 Å². The molecule has 8 nitrogen and oxygen atoms in total. The second-order valence-corrected chi connectivity index (χ2v) is 6.75. The molecule has 0 aliphatic heterocycles. The molecule has 1 aliphatic carbocycles. The lowest BCUT2D eigenvalue weighted by atomic mass is 10.1. The first-order valence-electron chi connectivity index (χ1n) is 8.66. The molecule has 142 valence electrons. The van der Waals surface area contributed by atoms with Gasteiger partial charge in [-0.25, -0.2) is 4.79 Å². The Labute approximate surface area is 156 Å². The van der Waals surface area contributed by atoms with Gasteiger partial charge in [0.05, 0.1) is 10.5 Å². The third-order valence-corrected chi connectivity index (χ3v) is 4.78. The van der Waals surface area contributed by atoms with Gasteiger partial charge < -0.3 is 14.6 Å². The monoisotopic (exact) mass is 371 g/mol. The number of nitro benzene ring substituents is 1. The van der Waals surface area contributed by atoms with Crippen molar-refractivity contribution in [2.45, 2.75) is 32.7 Å². The number of ether oxygens (including phenoxy) is 1. The van der Waals surface area contributed by atoms with E-state index >= 15 is 0 Å². The molecule has 2 aromatic rings. The van der Waals surface area contributed by atoms with E-state index in [2.05, 4.69) is 5.32 Å². The number of rotatable bonds is 7. The maximum atomic E-state index is 12.3. The topological polar surface area (TPSA) is 103 Å². The van der Waals surface area contributed by atoms with E-state index in [-0.39, 0.29) is 23.1 Å². The number of carbonyl (C=O) groups excluding carboxylic acids is 2. The van der Waals surface area contributed by atoms with Crippen molar-refractivity contribution in [3.05, 3.63) is 56.9 Å². The van der Waals surface area contributed by atoms with Crippen LogP contribution in [0.5, 0.6) is 0 Å². The summed E-state index contributed by atoms with van der Waals surface area (Å²) in [6.45, 7) is 3.28. The predicted molar refractivity (Wildman–Crippen MR) is 99.2 cm³/mol. The Morgan fingerprint density at radius 3 is 2.56 bits per heavy atom. The molecular weight excluding hydrogens is 350 g/mol. The van der Waals surface area contributed by atoms with E-state index in [9.17, 15) is 19.7 Å². The first-order chi connectivity index (χ1) is 12.8. The highest BCUT2D eigenvalue weighted by Crippen LogP contribution is 2.31. The van der Waals surface area contributed by atoms with Crippen LogP contribution in [0, 0.1) is 24.0 Å². The number of hydrogen-bond acceptors (Lipinski definition) is 6. The fourth-order valence-corrected chi connectivity index (χ4v) is 2.81. The van der Waals surface area contributed by atoms with Crippen molar-refractivity contribution in [3.8, 4) is 0 Å². The lowest BCUT2D eigenvalue weighted by Gasteiger charge is -2.08. The number of ketones is 1. The number of hydrogen-bond donors (Lipinski definition) is 1. The molecule has 0 amide bonds. The minimum absolute atomic E-state index is 0.0387. The van der Waals surface area contributed by atoms with Gasteiger partial charge in [0.25, 0.3) is 5.69 Å². The highest BCUT2D eigenvalue weighted by molar-refractivity contribution is 6.00. The van der Waals surface area contributed by atoms with Crippen LogP contribution in [0.3, 0.4) is 0 Å². The predicted octanol–water partition coefficient (Wildman–Crippen LogP) is 3.16. The third kappa shape index (κ3) is 3.99. The first-order valence-corrected chi connectivity index (χ1v) is 8.66. The smallest absolute Gasteiger partial charge is 0.338 e. The zero-order valence-electron chi connectivity index (χ0n) is 15.4. The van der Waals surface area contributed by atoms with Crippen molar-refractivity contribution in [1.82, 2.24) is 4.57 Å². The van der Waals surface area contributed by atoms with Crippen LogP contribution >= 0.6 is 0 Å². The van der Waals surface area contributed by atoms with Crippen LogP contribution in [-0.4, -0.2) is 33.9 Å². The Bertz CT molecular complexity index is 928. The van der Waals surface area contributed by atoms with Gasteiger partial charge in [0.2, 0.25) is 5.78 Å². The maximum Gasteiger partial charge on any atom is 0.338 e. The van der Waals surface area contributed by atoms with E-state index in [0.717, 1.165) is 24.2 Å². The number of nitrogens with zero attached hydrogens (tertiary/aromatic N) is 2. The number of anilines is 1. The lowest BCUT2D eigenvalue weighted by Crippen LogP contribution is -2.15. The summed E-state index contributed by atoms with van der Waals surface area (Å²) < 4.78 is 6.95. The molecular formula is C19H21N3O5. The van der Waals surface area contributed by atoms with Gasteiger partial charge in [-0.15, -0.1) is 0 Å². The largest absolute Gasteiger partial charge is 0.454 e. The average molecular weight is 371 g/mol. The fourth-order valence-electron chi connectivity index (χ4n) is 2.81. The summed E-state index contributed by atoms with van der Waals surface area (Å²) in [6, 6.07) is 6.13. The van der Waals surface area contributed by atoms with Crippen molar-refractivity contribution in [1.29, 1.82) is 0 Å². The van der Waals surface area contributed by atoms with Crippen LogP contribution in [-0.2, 0) is 11.8 Å². The summed E-state index contributed by atoms with van der Waals surface area (Å²) in [5.41, 5.74) is 2.45. The van der Waals surface area contributed by atoms with Gasteiger partial charge in [0.1, 0.15) is 5.69 Å². The molecule has 0 bridgehead atoms. The molecule has 0 spiro atoms. The molecule has 0 unspecified atom stereocenters. The standard InChI is InChI=1S/C19H21N3O5/c1-11-8-15(12(2)21(11)3)18(23)10-27-19(24)13-4-7-16(20-14-5-6-14)17(9-13)22(25)26/h4,7-9,14,20H,5-6,10H2,1-3H3. The second kappa shape index (κ2) is 7.22. The number of benzene rings is 1. The van der Waals surface area contributed by atoms with E-state index in [1.54, 1.807) is 6.07 Å². The van der Waals surface area contributed by atoms with Gasteiger partial charge in [-0.2, -0.15) is 0 Å². The van der Waals surface area contributed by atoms with E-state index in [1.807, 2.05) is 25.5 Å². The Hall–Kier alpha value is -3.16. The summed E-state index contributed by atoms with van der Waals surface area (Å²) in [7, 11) is 1.85. The van der Waals surface area contributed by atoms with Crippen molar-refractivity contribution in [2.75, 3.05) is 11.9 Å². The normalized spacial score (nSPS) is 13.3. The summed E-state index contributed by atoms with van der Waals surface area (Å²) in [5.74, 6) is -1.08. The van der Waals surface area contributed by atoms with Gasteiger partial charge in [0.15, 0.2) is 6.61 Å². The highest BCUT2D eigenvalue weighted by Gasteiger charge is 2.26. The molecule has 1 N–H and O–H groups in total. The summed E-state index contributed by atoms with van der Waals surface area (Å²) in [4.78, 5) is 35.3. The molecule has 1 aromatic heterocycles. The Balaban J connectivity index is 1.70. The lowest BCUT2D eigenvalue weighted by molar-refractivity contribution is -0.384. The third-order valence-electron chi connectivity index (χ3n) is 4.78. The Morgan fingerprint density at radius 1 is 1.30 bits per heavy atom. The minimum Gasteiger partial charge on any atom is -0.454 e. The van der Waals surface area contributed by atoms with Crippen molar-refractivity contribution in [2.24, 2.45) is 7.05 Å². The molecule has 0 saturated heterocycles. The van der Waals surface area contributed by atoms with E-state index in [4.69, 9.17) is 4.74 Å². The molecule has 0 radical (unpaired) electrons. The van der Waals surface area contributed by atoms with Gasteiger partial charge >= 0.3 is 5.97 Å². The quantitative estimate of drug-likeness (QED) is 0.347. The Morgan fingerprint density at radius 2 is 2.00 bits per heavy atom. The Kier molecular flexibility index (Phi) is 4.98. The number of esters is 1. The van der Waals surface area contributed by atoms with Gasteiger partial charge in [0, 0.05) is 36.1 Å². The van der Waals surface area contributed by atoms with Crippen molar-refractivity contribution < 1.29 is 19.2 Å². The van der Waals surface area contributed by atoms with Crippen LogP contribution in [0.25, 0.3) is 0 Å². The molecule has 1 aromatic carbocycles. The second-order valence-electron chi connectivity index (χ2n) is 6.75. The minimum atomic E-state index is -0.769.